The normalized spacial score (nSPS) is 11.7. The van der Waals surface area contributed by atoms with Crippen molar-refractivity contribution >= 4 is 26.6 Å². The Kier molecular flexibility index (Phi) is 4.92. The minimum absolute atomic E-state index is 0.108. The minimum atomic E-state index is -3.32. The Balaban J connectivity index is 2.11. The zero-order chi connectivity index (χ0) is 14.4. The summed E-state index contributed by atoms with van der Waals surface area (Å²) in [5, 5.41) is 3.92. The quantitative estimate of drug-likeness (QED) is 0.766. The van der Waals surface area contributed by atoms with Crippen molar-refractivity contribution in [2.45, 2.75) is 13.3 Å². The Morgan fingerprint density at radius 1 is 1.20 bits per heavy atom. The third-order valence-electron chi connectivity index (χ3n) is 2.93. The molecule has 0 aliphatic heterocycles. The fourth-order valence-corrected chi connectivity index (χ4v) is 3.11. The van der Waals surface area contributed by atoms with E-state index in [9.17, 15) is 8.42 Å². The van der Waals surface area contributed by atoms with Gasteiger partial charge in [-0.3, -0.25) is 9.71 Å². The van der Waals surface area contributed by atoms with Crippen LogP contribution in [0.3, 0.4) is 0 Å². The van der Waals surface area contributed by atoms with E-state index in [1.807, 2.05) is 19.1 Å². The van der Waals surface area contributed by atoms with E-state index in [-0.39, 0.29) is 5.75 Å². The van der Waals surface area contributed by atoms with Crippen LogP contribution in [0.5, 0.6) is 0 Å². The number of fused-ring (bicyclic) bond motifs is 1. The number of rotatable bonds is 7. The molecule has 1 aromatic carbocycles. The highest BCUT2D eigenvalue weighted by atomic mass is 32.2. The van der Waals surface area contributed by atoms with Gasteiger partial charge in [-0.2, -0.15) is 0 Å². The van der Waals surface area contributed by atoms with E-state index in [2.05, 4.69) is 15.0 Å². The van der Waals surface area contributed by atoms with Crippen molar-refractivity contribution in [1.29, 1.82) is 0 Å². The van der Waals surface area contributed by atoms with Gasteiger partial charge >= 0.3 is 0 Å². The monoisotopic (exact) mass is 293 g/mol. The smallest absolute Gasteiger partial charge is 0.232 e. The Morgan fingerprint density at radius 3 is 2.85 bits per heavy atom. The fraction of sp³-hybridized carbons (Fsp3) is 0.357. The predicted molar refractivity (Wildman–Crippen MR) is 82.3 cm³/mol. The van der Waals surface area contributed by atoms with Crippen molar-refractivity contribution in [1.82, 2.24) is 10.3 Å². The van der Waals surface area contributed by atoms with Gasteiger partial charge in [0.05, 0.1) is 17.0 Å². The molecular formula is C14H19N3O2S. The maximum atomic E-state index is 12.0. The molecular weight excluding hydrogens is 274 g/mol. The molecule has 0 bridgehead atoms. The molecule has 0 saturated carbocycles. The molecule has 0 unspecified atom stereocenters. The van der Waals surface area contributed by atoms with Crippen molar-refractivity contribution in [2.24, 2.45) is 0 Å². The van der Waals surface area contributed by atoms with Crippen molar-refractivity contribution in [3.05, 3.63) is 36.5 Å². The second kappa shape index (κ2) is 6.67. The summed E-state index contributed by atoms with van der Waals surface area (Å²) in [6.07, 6.45) is 2.28. The summed E-state index contributed by atoms with van der Waals surface area (Å²) in [4.78, 5) is 4.21. The first kappa shape index (κ1) is 14.7. The molecule has 1 aromatic heterocycles. The highest BCUT2D eigenvalue weighted by Crippen LogP contribution is 2.22. The molecule has 0 spiro atoms. The molecule has 0 atom stereocenters. The standard InChI is InChI=1S/C14H19N3O2S/c1-2-15-9-5-11-20(18,19)17-14-8-3-7-13-12(14)6-4-10-16-13/h3-4,6-8,10,15,17H,2,5,9,11H2,1H3. The number of hydrogen-bond acceptors (Lipinski definition) is 4. The average molecular weight is 293 g/mol. The van der Waals surface area contributed by atoms with Crippen LogP contribution in [0, 0.1) is 0 Å². The van der Waals surface area contributed by atoms with Gasteiger partial charge < -0.3 is 5.32 Å². The lowest BCUT2D eigenvalue weighted by Gasteiger charge is -2.10. The SMILES string of the molecule is CCNCCCS(=O)(=O)Nc1cccc2ncccc12. The number of hydrogen-bond donors (Lipinski definition) is 2. The predicted octanol–water partition coefficient (Wildman–Crippen LogP) is 1.98. The van der Waals surface area contributed by atoms with Gasteiger partial charge in [-0.25, -0.2) is 8.42 Å². The van der Waals surface area contributed by atoms with Crippen molar-refractivity contribution in [3.8, 4) is 0 Å². The van der Waals surface area contributed by atoms with Gasteiger partial charge in [-0.1, -0.05) is 13.0 Å². The van der Waals surface area contributed by atoms with Gasteiger partial charge in [0.1, 0.15) is 0 Å². The van der Waals surface area contributed by atoms with E-state index < -0.39 is 10.0 Å². The first-order valence-corrected chi connectivity index (χ1v) is 8.32. The number of sulfonamides is 1. The Morgan fingerprint density at radius 2 is 2.05 bits per heavy atom. The van der Waals surface area contributed by atoms with Gasteiger partial charge in [0.15, 0.2) is 0 Å². The molecule has 0 amide bonds. The highest BCUT2D eigenvalue weighted by Gasteiger charge is 2.11. The van der Waals surface area contributed by atoms with Crippen LogP contribution in [0.1, 0.15) is 13.3 Å². The Labute approximate surface area is 119 Å². The molecule has 0 fully saturated rings. The van der Waals surface area contributed by atoms with E-state index in [0.29, 0.717) is 18.7 Å². The lowest BCUT2D eigenvalue weighted by Crippen LogP contribution is -2.22. The third kappa shape index (κ3) is 3.91. The topological polar surface area (TPSA) is 71.1 Å². The van der Waals surface area contributed by atoms with Gasteiger partial charge in [0.25, 0.3) is 0 Å². The molecule has 2 rings (SSSR count). The van der Waals surface area contributed by atoms with Crippen LogP contribution in [0.2, 0.25) is 0 Å². The summed E-state index contributed by atoms with van der Waals surface area (Å²) in [5.74, 6) is 0.108. The molecule has 0 aliphatic rings. The number of pyridine rings is 1. The van der Waals surface area contributed by atoms with Gasteiger partial charge in [0, 0.05) is 11.6 Å². The lowest BCUT2D eigenvalue weighted by atomic mass is 10.2. The zero-order valence-corrected chi connectivity index (χ0v) is 12.3. The van der Waals surface area contributed by atoms with E-state index >= 15 is 0 Å². The summed E-state index contributed by atoms with van der Waals surface area (Å²) in [6, 6.07) is 9.07. The van der Waals surface area contributed by atoms with Crippen LogP contribution in [-0.2, 0) is 10.0 Å². The van der Waals surface area contributed by atoms with Crippen LogP contribution in [0.25, 0.3) is 10.9 Å². The molecule has 0 aliphatic carbocycles. The largest absolute Gasteiger partial charge is 0.317 e. The second-order valence-electron chi connectivity index (χ2n) is 4.50. The molecule has 5 nitrogen and oxygen atoms in total. The van der Waals surface area contributed by atoms with E-state index in [4.69, 9.17) is 0 Å². The van der Waals surface area contributed by atoms with E-state index in [1.54, 1.807) is 24.4 Å². The first-order chi connectivity index (χ1) is 9.62. The van der Waals surface area contributed by atoms with Crippen LogP contribution in [-0.4, -0.2) is 32.2 Å². The molecule has 0 saturated heterocycles. The second-order valence-corrected chi connectivity index (χ2v) is 6.35. The molecule has 20 heavy (non-hydrogen) atoms. The number of nitrogens with one attached hydrogen (secondary N) is 2. The molecule has 0 radical (unpaired) electrons. The van der Waals surface area contributed by atoms with Crippen LogP contribution >= 0.6 is 0 Å². The molecule has 1 heterocycles. The van der Waals surface area contributed by atoms with Crippen LogP contribution in [0.15, 0.2) is 36.5 Å². The van der Waals surface area contributed by atoms with E-state index in [0.717, 1.165) is 17.4 Å². The van der Waals surface area contributed by atoms with Crippen LogP contribution < -0.4 is 10.0 Å². The number of benzene rings is 1. The van der Waals surface area contributed by atoms with Gasteiger partial charge in [-0.15, -0.1) is 0 Å². The first-order valence-electron chi connectivity index (χ1n) is 6.67. The maximum absolute atomic E-state index is 12.0. The van der Waals surface area contributed by atoms with Crippen molar-refractivity contribution in [3.63, 3.8) is 0 Å². The maximum Gasteiger partial charge on any atom is 0.232 e. The average Bonchev–Trinajstić information content (AvgIpc) is 2.44. The highest BCUT2D eigenvalue weighted by molar-refractivity contribution is 7.92. The lowest BCUT2D eigenvalue weighted by molar-refractivity contribution is 0.595. The summed E-state index contributed by atoms with van der Waals surface area (Å²) in [5.41, 5.74) is 1.36. The number of anilines is 1. The van der Waals surface area contributed by atoms with Crippen molar-refractivity contribution in [2.75, 3.05) is 23.6 Å². The zero-order valence-electron chi connectivity index (χ0n) is 11.5. The molecule has 6 heteroatoms. The summed E-state index contributed by atoms with van der Waals surface area (Å²) in [7, 11) is -3.32. The minimum Gasteiger partial charge on any atom is -0.317 e. The van der Waals surface area contributed by atoms with Gasteiger partial charge in [0.2, 0.25) is 10.0 Å². The van der Waals surface area contributed by atoms with Gasteiger partial charge in [-0.05, 0) is 43.8 Å². The number of aromatic nitrogens is 1. The summed E-state index contributed by atoms with van der Waals surface area (Å²) < 4.78 is 26.7. The summed E-state index contributed by atoms with van der Waals surface area (Å²) in [6.45, 7) is 3.55. The van der Waals surface area contributed by atoms with Crippen molar-refractivity contribution < 1.29 is 8.42 Å². The molecule has 2 N–H and O–H groups in total. The Hall–Kier alpha value is -1.66. The third-order valence-corrected chi connectivity index (χ3v) is 4.28. The number of nitrogens with zero attached hydrogens (tertiary/aromatic N) is 1. The van der Waals surface area contributed by atoms with E-state index in [1.165, 1.54) is 0 Å². The molecule has 108 valence electrons. The molecule has 2 aromatic rings. The summed E-state index contributed by atoms with van der Waals surface area (Å²) >= 11 is 0. The van der Waals surface area contributed by atoms with Crippen LogP contribution in [0.4, 0.5) is 5.69 Å². The fourth-order valence-electron chi connectivity index (χ4n) is 1.97. The Bertz CT molecular complexity index is 666.